The molecule has 4 heteroatoms. The van der Waals surface area contributed by atoms with E-state index in [0.29, 0.717) is 6.54 Å². The minimum Gasteiger partial charge on any atom is -0.355 e. The van der Waals surface area contributed by atoms with Gasteiger partial charge in [0.05, 0.1) is 5.69 Å². The van der Waals surface area contributed by atoms with Crippen LogP contribution in [0, 0.1) is 0 Å². The van der Waals surface area contributed by atoms with Gasteiger partial charge in [0.25, 0.3) is 0 Å². The van der Waals surface area contributed by atoms with Crippen LogP contribution in [0.3, 0.4) is 0 Å². The lowest BCUT2D eigenvalue weighted by molar-refractivity contribution is 0.412. The van der Waals surface area contributed by atoms with Crippen molar-refractivity contribution in [3.05, 3.63) is 23.9 Å². The monoisotopic (exact) mass is 236 g/mol. The van der Waals surface area contributed by atoms with Gasteiger partial charge in [-0.1, -0.05) is 13.0 Å². The first-order valence-corrected chi connectivity index (χ1v) is 6.23. The normalized spacial score (nSPS) is 10.9. The third-order valence-corrected chi connectivity index (χ3v) is 2.64. The van der Waals surface area contributed by atoms with Crippen molar-refractivity contribution >= 4 is 5.82 Å². The average molecular weight is 236 g/mol. The molecule has 0 unspecified atom stereocenters. The third-order valence-electron chi connectivity index (χ3n) is 2.64. The summed E-state index contributed by atoms with van der Waals surface area (Å²) in [5, 5.41) is 0. The second-order valence-corrected chi connectivity index (χ2v) is 4.48. The first-order valence-electron chi connectivity index (χ1n) is 6.23. The van der Waals surface area contributed by atoms with Crippen molar-refractivity contribution in [2.75, 3.05) is 38.6 Å². The summed E-state index contributed by atoms with van der Waals surface area (Å²) in [6.07, 6.45) is 1.13. The molecule has 0 aliphatic heterocycles. The van der Waals surface area contributed by atoms with Crippen LogP contribution in [0.2, 0.25) is 0 Å². The van der Waals surface area contributed by atoms with E-state index in [1.54, 1.807) is 0 Å². The Kier molecular flexibility index (Phi) is 5.94. The van der Waals surface area contributed by atoms with E-state index in [4.69, 9.17) is 5.73 Å². The van der Waals surface area contributed by atoms with Gasteiger partial charge in [-0.25, -0.2) is 4.98 Å². The van der Waals surface area contributed by atoms with Crippen LogP contribution < -0.4 is 10.6 Å². The van der Waals surface area contributed by atoms with E-state index in [9.17, 15) is 0 Å². The molecule has 2 N–H and O–H groups in total. The molecule has 0 amide bonds. The van der Waals surface area contributed by atoms with Crippen LogP contribution in [-0.2, 0) is 6.54 Å². The number of aromatic nitrogens is 1. The van der Waals surface area contributed by atoms with Crippen molar-refractivity contribution < 1.29 is 0 Å². The zero-order valence-corrected chi connectivity index (χ0v) is 11.2. The third kappa shape index (κ3) is 4.71. The van der Waals surface area contributed by atoms with Gasteiger partial charge in [-0.3, -0.25) is 0 Å². The largest absolute Gasteiger partial charge is 0.355 e. The first kappa shape index (κ1) is 13.9. The number of hydrogen-bond donors (Lipinski definition) is 1. The van der Waals surface area contributed by atoms with Gasteiger partial charge in [-0.15, -0.1) is 0 Å². The fourth-order valence-electron chi connectivity index (χ4n) is 1.69. The molecule has 0 fully saturated rings. The molecule has 1 aromatic heterocycles. The van der Waals surface area contributed by atoms with E-state index in [-0.39, 0.29) is 0 Å². The van der Waals surface area contributed by atoms with Crippen LogP contribution >= 0.6 is 0 Å². The second kappa shape index (κ2) is 7.25. The van der Waals surface area contributed by atoms with E-state index in [2.05, 4.69) is 41.9 Å². The van der Waals surface area contributed by atoms with Crippen LogP contribution in [0.15, 0.2) is 18.2 Å². The topological polar surface area (TPSA) is 45.4 Å². The smallest absolute Gasteiger partial charge is 0.128 e. The maximum absolute atomic E-state index is 5.63. The number of rotatable bonds is 7. The molecule has 0 atom stereocenters. The fraction of sp³-hybridized carbons (Fsp3) is 0.615. The van der Waals surface area contributed by atoms with Crippen molar-refractivity contribution in [1.29, 1.82) is 0 Å². The maximum Gasteiger partial charge on any atom is 0.128 e. The van der Waals surface area contributed by atoms with E-state index >= 15 is 0 Å². The highest BCUT2D eigenvalue weighted by atomic mass is 15.2. The Morgan fingerprint density at radius 1 is 1.18 bits per heavy atom. The molecule has 0 aliphatic rings. The average Bonchev–Trinajstić information content (AvgIpc) is 2.34. The molecule has 96 valence electrons. The predicted octanol–water partition coefficient (Wildman–Crippen LogP) is 1.32. The Hall–Kier alpha value is -1.13. The van der Waals surface area contributed by atoms with E-state index in [1.165, 1.54) is 0 Å². The molecule has 1 heterocycles. The minimum atomic E-state index is 0.501. The highest BCUT2D eigenvalue weighted by Gasteiger charge is 2.07. The summed E-state index contributed by atoms with van der Waals surface area (Å²) in [7, 11) is 4.18. The SMILES string of the molecule is CCCN(CCN(C)C)c1cccc(CN)n1. The van der Waals surface area contributed by atoms with Crippen molar-refractivity contribution in [1.82, 2.24) is 9.88 Å². The van der Waals surface area contributed by atoms with Crippen LogP contribution in [0.25, 0.3) is 0 Å². The van der Waals surface area contributed by atoms with Gasteiger partial charge in [0.2, 0.25) is 0 Å². The summed E-state index contributed by atoms with van der Waals surface area (Å²) in [6.45, 7) is 5.77. The van der Waals surface area contributed by atoms with Gasteiger partial charge in [-0.2, -0.15) is 0 Å². The van der Waals surface area contributed by atoms with Crippen molar-refractivity contribution in [2.45, 2.75) is 19.9 Å². The summed E-state index contributed by atoms with van der Waals surface area (Å²) < 4.78 is 0. The van der Waals surface area contributed by atoms with Gasteiger partial charge in [0.15, 0.2) is 0 Å². The molecule has 0 radical (unpaired) electrons. The maximum atomic E-state index is 5.63. The van der Waals surface area contributed by atoms with Crippen molar-refractivity contribution in [2.24, 2.45) is 5.73 Å². The number of hydrogen-bond acceptors (Lipinski definition) is 4. The molecular weight excluding hydrogens is 212 g/mol. The standard InChI is InChI=1S/C13H24N4/c1-4-8-17(10-9-16(2)3)13-7-5-6-12(11-14)15-13/h5-7H,4,8-11,14H2,1-3H3. The molecule has 1 rings (SSSR count). The molecular formula is C13H24N4. The molecule has 0 spiro atoms. The van der Waals surface area contributed by atoms with Gasteiger partial charge < -0.3 is 15.5 Å². The van der Waals surface area contributed by atoms with Crippen LogP contribution in [0.5, 0.6) is 0 Å². The van der Waals surface area contributed by atoms with Crippen LogP contribution in [0.1, 0.15) is 19.0 Å². The number of nitrogens with two attached hydrogens (primary N) is 1. The summed E-state index contributed by atoms with van der Waals surface area (Å²) >= 11 is 0. The Balaban J connectivity index is 2.73. The molecule has 0 saturated heterocycles. The first-order chi connectivity index (χ1) is 8.17. The van der Waals surface area contributed by atoms with Gasteiger partial charge in [0.1, 0.15) is 5.82 Å². The highest BCUT2D eigenvalue weighted by Crippen LogP contribution is 2.11. The molecule has 4 nitrogen and oxygen atoms in total. The Bertz CT molecular complexity index is 325. The molecule has 0 bridgehead atoms. The Labute approximate surface area is 104 Å². The lowest BCUT2D eigenvalue weighted by Gasteiger charge is -2.25. The second-order valence-electron chi connectivity index (χ2n) is 4.48. The number of pyridine rings is 1. The number of likely N-dealkylation sites (N-methyl/N-ethyl adjacent to an activating group) is 1. The van der Waals surface area contributed by atoms with Gasteiger partial charge in [-0.05, 0) is 32.6 Å². The number of anilines is 1. The van der Waals surface area contributed by atoms with Crippen LogP contribution in [-0.4, -0.2) is 43.6 Å². The van der Waals surface area contributed by atoms with Crippen molar-refractivity contribution in [3.8, 4) is 0 Å². The molecule has 0 aromatic carbocycles. The Morgan fingerprint density at radius 3 is 2.53 bits per heavy atom. The zero-order chi connectivity index (χ0) is 12.7. The predicted molar refractivity (Wildman–Crippen MR) is 73.2 cm³/mol. The summed E-state index contributed by atoms with van der Waals surface area (Å²) in [5.74, 6) is 1.04. The van der Waals surface area contributed by atoms with Gasteiger partial charge in [0, 0.05) is 26.2 Å². The quantitative estimate of drug-likeness (QED) is 0.775. The fourth-order valence-corrected chi connectivity index (χ4v) is 1.69. The van der Waals surface area contributed by atoms with E-state index in [0.717, 1.165) is 37.6 Å². The highest BCUT2D eigenvalue weighted by molar-refractivity contribution is 5.39. The molecule has 0 aliphatic carbocycles. The molecule has 1 aromatic rings. The summed E-state index contributed by atoms with van der Waals surface area (Å²) in [5.41, 5.74) is 6.58. The summed E-state index contributed by atoms with van der Waals surface area (Å²) in [4.78, 5) is 9.08. The molecule has 17 heavy (non-hydrogen) atoms. The molecule has 0 saturated carbocycles. The van der Waals surface area contributed by atoms with E-state index in [1.807, 2.05) is 12.1 Å². The number of nitrogens with zero attached hydrogens (tertiary/aromatic N) is 3. The lowest BCUT2D eigenvalue weighted by Crippen LogP contribution is -2.33. The summed E-state index contributed by atoms with van der Waals surface area (Å²) in [6, 6.07) is 6.06. The zero-order valence-electron chi connectivity index (χ0n) is 11.2. The van der Waals surface area contributed by atoms with Crippen LogP contribution in [0.4, 0.5) is 5.82 Å². The lowest BCUT2D eigenvalue weighted by atomic mass is 10.3. The van der Waals surface area contributed by atoms with Crippen molar-refractivity contribution in [3.63, 3.8) is 0 Å². The van der Waals surface area contributed by atoms with E-state index < -0.39 is 0 Å². The minimum absolute atomic E-state index is 0.501. The Morgan fingerprint density at radius 2 is 1.94 bits per heavy atom. The van der Waals surface area contributed by atoms with Gasteiger partial charge >= 0.3 is 0 Å².